The predicted molar refractivity (Wildman–Crippen MR) is 79.0 cm³/mol. The first-order valence-electron chi connectivity index (χ1n) is 6.13. The molecule has 4 N–H and O–H groups in total. The zero-order valence-electron chi connectivity index (χ0n) is 11.6. The zero-order valence-corrected chi connectivity index (χ0v) is 12.5. The highest BCUT2D eigenvalue weighted by molar-refractivity contribution is 7.92. The van der Waals surface area contributed by atoms with Crippen molar-refractivity contribution in [1.29, 1.82) is 0 Å². The first-order chi connectivity index (χ1) is 9.22. The number of benzene rings is 1. The van der Waals surface area contributed by atoms with Crippen LogP contribution in [0.1, 0.15) is 26.3 Å². The van der Waals surface area contributed by atoms with E-state index in [4.69, 9.17) is 5.73 Å². The fourth-order valence-electron chi connectivity index (χ4n) is 1.93. The van der Waals surface area contributed by atoms with Gasteiger partial charge in [-0.3, -0.25) is 9.82 Å². The molecule has 0 radical (unpaired) electrons. The van der Waals surface area contributed by atoms with Gasteiger partial charge in [-0.15, -0.1) is 0 Å². The monoisotopic (exact) mass is 294 g/mol. The normalized spacial score (nSPS) is 12.3. The lowest BCUT2D eigenvalue weighted by atomic mass is 9.86. The SMILES string of the molecule is CC(C)(C)c1ccccc1NS(=O)(=O)c1cn[nH]c1N. The fraction of sp³-hybridized carbons (Fsp3) is 0.308. The minimum absolute atomic E-state index is 0.0192. The van der Waals surface area contributed by atoms with Crippen molar-refractivity contribution in [3.05, 3.63) is 36.0 Å². The van der Waals surface area contributed by atoms with Crippen molar-refractivity contribution in [3.63, 3.8) is 0 Å². The molecule has 0 fully saturated rings. The standard InChI is InChI=1S/C13H18N4O2S/c1-13(2,3)9-6-4-5-7-10(9)17-20(18,19)11-8-15-16-12(11)14/h4-8,17H,1-3H3,(H3,14,15,16). The van der Waals surface area contributed by atoms with Crippen molar-refractivity contribution >= 4 is 21.5 Å². The quantitative estimate of drug-likeness (QED) is 0.806. The van der Waals surface area contributed by atoms with Crippen molar-refractivity contribution in [2.45, 2.75) is 31.1 Å². The minimum Gasteiger partial charge on any atom is -0.383 e. The van der Waals surface area contributed by atoms with Gasteiger partial charge in [-0.25, -0.2) is 8.42 Å². The number of aromatic amines is 1. The molecule has 7 heteroatoms. The van der Waals surface area contributed by atoms with Crippen LogP contribution in [0.15, 0.2) is 35.4 Å². The van der Waals surface area contributed by atoms with Crippen LogP contribution in [0.25, 0.3) is 0 Å². The summed E-state index contributed by atoms with van der Waals surface area (Å²) in [6.45, 7) is 6.06. The largest absolute Gasteiger partial charge is 0.383 e. The van der Waals surface area contributed by atoms with Crippen LogP contribution in [-0.2, 0) is 15.4 Å². The third-order valence-electron chi connectivity index (χ3n) is 2.90. The van der Waals surface area contributed by atoms with Crippen LogP contribution in [-0.4, -0.2) is 18.6 Å². The van der Waals surface area contributed by atoms with Crippen LogP contribution >= 0.6 is 0 Å². The molecule has 0 spiro atoms. The number of nitrogens with one attached hydrogen (secondary N) is 2. The highest BCUT2D eigenvalue weighted by Crippen LogP contribution is 2.31. The second kappa shape index (κ2) is 4.82. The molecular weight excluding hydrogens is 276 g/mol. The molecule has 6 nitrogen and oxygen atoms in total. The average molecular weight is 294 g/mol. The summed E-state index contributed by atoms with van der Waals surface area (Å²) < 4.78 is 27.2. The number of aromatic nitrogens is 2. The number of nitrogens with zero attached hydrogens (tertiary/aromatic N) is 1. The van der Waals surface area contributed by atoms with Crippen LogP contribution in [0.5, 0.6) is 0 Å². The third-order valence-corrected chi connectivity index (χ3v) is 4.29. The topological polar surface area (TPSA) is 101 Å². The van der Waals surface area contributed by atoms with E-state index in [0.29, 0.717) is 5.69 Å². The molecule has 0 aliphatic heterocycles. The number of nitrogens with two attached hydrogens (primary N) is 1. The zero-order chi connectivity index (χ0) is 15.0. The molecule has 0 atom stereocenters. The lowest BCUT2D eigenvalue weighted by Gasteiger charge is -2.23. The van der Waals surface area contributed by atoms with Gasteiger partial charge < -0.3 is 5.73 Å². The molecule has 0 bridgehead atoms. The van der Waals surface area contributed by atoms with E-state index in [1.54, 1.807) is 12.1 Å². The van der Waals surface area contributed by atoms with Gasteiger partial charge in [0, 0.05) is 0 Å². The van der Waals surface area contributed by atoms with E-state index in [-0.39, 0.29) is 16.1 Å². The summed E-state index contributed by atoms with van der Waals surface area (Å²) in [6.07, 6.45) is 1.19. The number of hydrogen-bond acceptors (Lipinski definition) is 4. The van der Waals surface area contributed by atoms with Crippen LogP contribution in [0, 0.1) is 0 Å². The molecule has 0 aliphatic rings. The summed E-state index contributed by atoms with van der Waals surface area (Å²) in [5.41, 5.74) is 6.84. The second-order valence-corrected chi connectivity index (χ2v) is 7.20. The fourth-order valence-corrected chi connectivity index (χ4v) is 3.03. The number of nitrogen functional groups attached to an aromatic ring is 1. The molecule has 108 valence electrons. The van der Waals surface area contributed by atoms with Gasteiger partial charge in [-0.2, -0.15) is 5.10 Å². The molecule has 2 rings (SSSR count). The Kier molecular flexibility index (Phi) is 3.47. The lowest BCUT2D eigenvalue weighted by Crippen LogP contribution is -2.19. The van der Waals surface area contributed by atoms with Crippen LogP contribution < -0.4 is 10.5 Å². The molecule has 1 heterocycles. The Morgan fingerprint density at radius 3 is 2.45 bits per heavy atom. The second-order valence-electron chi connectivity index (χ2n) is 5.55. The Hall–Kier alpha value is -2.02. The summed E-state index contributed by atoms with van der Waals surface area (Å²) in [5, 5.41) is 6.05. The summed E-state index contributed by atoms with van der Waals surface area (Å²) in [4.78, 5) is -0.0544. The molecule has 1 aromatic heterocycles. The van der Waals surface area contributed by atoms with Gasteiger partial charge in [0.2, 0.25) is 0 Å². The molecule has 1 aromatic carbocycles. The maximum atomic E-state index is 12.3. The van der Waals surface area contributed by atoms with Crippen molar-refractivity contribution in [2.24, 2.45) is 0 Å². The van der Waals surface area contributed by atoms with Gasteiger partial charge in [-0.05, 0) is 17.0 Å². The number of para-hydroxylation sites is 1. The van der Waals surface area contributed by atoms with Crippen LogP contribution in [0.3, 0.4) is 0 Å². The Bertz CT molecular complexity index is 714. The highest BCUT2D eigenvalue weighted by atomic mass is 32.2. The van der Waals surface area contributed by atoms with E-state index in [1.165, 1.54) is 6.20 Å². The van der Waals surface area contributed by atoms with Gasteiger partial charge in [0.15, 0.2) is 0 Å². The maximum Gasteiger partial charge on any atom is 0.267 e. The van der Waals surface area contributed by atoms with Gasteiger partial charge in [0.1, 0.15) is 10.7 Å². The van der Waals surface area contributed by atoms with Crippen LogP contribution in [0.4, 0.5) is 11.5 Å². The smallest absolute Gasteiger partial charge is 0.267 e. The van der Waals surface area contributed by atoms with E-state index >= 15 is 0 Å². The predicted octanol–water partition coefficient (Wildman–Crippen LogP) is 2.09. The number of rotatable bonds is 3. The number of H-pyrrole nitrogens is 1. The van der Waals surface area contributed by atoms with Crippen molar-refractivity contribution < 1.29 is 8.42 Å². The Morgan fingerprint density at radius 2 is 1.90 bits per heavy atom. The molecule has 0 saturated heterocycles. The van der Waals surface area contributed by atoms with Crippen molar-refractivity contribution in [3.8, 4) is 0 Å². The lowest BCUT2D eigenvalue weighted by molar-refractivity contribution is 0.590. The average Bonchev–Trinajstić information content (AvgIpc) is 2.75. The summed E-state index contributed by atoms with van der Waals surface area (Å²) in [7, 11) is -3.75. The molecule has 0 amide bonds. The van der Waals surface area contributed by atoms with E-state index in [2.05, 4.69) is 14.9 Å². The Labute approximate surface area is 118 Å². The molecular formula is C13H18N4O2S. The van der Waals surface area contributed by atoms with Gasteiger partial charge in [0.25, 0.3) is 10.0 Å². The van der Waals surface area contributed by atoms with Crippen LogP contribution in [0.2, 0.25) is 0 Å². The van der Waals surface area contributed by atoms with E-state index < -0.39 is 10.0 Å². The third kappa shape index (κ3) is 2.77. The summed E-state index contributed by atoms with van der Waals surface area (Å²) in [5.74, 6) is 0.0192. The van der Waals surface area contributed by atoms with Gasteiger partial charge >= 0.3 is 0 Å². The Balaban J connectivity index is 2.44. The van der Waals surface area contributed by atoms with E-state index in [0.717, 1.165) is 5.56 Å². The number of sulfonamides is 1. The van der Waals surface area contributed by atoms with Gasteiger partial charge in [0.05, 0.1) is 11.9 Å². The van der Waals surface area contributed by atoms with Crippen molar-refractivity contribution in [1.82, 2.24) is 10.2 Å². The van der Waals surface area contributed by atoms with Crippen molar-refractivity contribution in [2.75, 3.05) is 10.5 Å². The number of hydrogen-bond donors (Lipinski definition) is 3. The number of anilines is 2. The maximum absolute atomic E-state index is 12.3. The highest BCUT2D eigenvalue weighted by Gasteiger charge is 2.23. The Morgan fingerprint density at radius 1 is 1.25 bits per heavy atom. The first-order valence-corrected chi connectivity index (χ1v) is 7.61. The van der Waals surface area contributed by atoms with E-state index in [9.17, 15) is 8.42 Å². The molecule has 0 unspecified atom stereocenters. The van der Waals surface area contributed by atoms with E-state index in [1.807, 2.05) is 32.9 Å². The molecule has 0 saturated carbocycles. The molecule has 20 heavy (non-hydrogen) atoms. The van der Waals surface area contributed by atoms with Gasteiger partial charge in [-0.1, -0.05) is 39.0 Å². The molecule has 0 aliphatic carbocycles. The first kappa shape index (κ1) is 14.4. The minimum atomic E-state index is -3.75. The molecule has 2 aromatic rings. The summed E-state index contributed by atoms with van der Waals surface area (Å²) >= 11 is 0. The summed E-state index contributed by atoms with van der Waals surface area (Å²) in [6, 6.07) is 7.29.